The Morgan fingerprint density at radius 2 is 2.28 bits per heavy atom. The number of aromatic nitrogens is 4. The summed E-state index contributed by atoms with van der Waals surface area (Å²) in [6.07, 6.45) is 3.24. The highest BCUT2D eigenvalue weighted by Crippen LogP contribution is 2.17. The first-order valence-electron chi connectivity index (χ1n) is 5.48. The zero-order valence-electron chi connectivity index (χ0n) is 9.69. The number of nitrogens with zero attached hydrogens (tertiary/aromatic N) is 2. The van der Waals surface area contributed by atoms with Crippen LogP contribution in [0, 0.1) is 6.92 Å². The van der Waals surface area contributed by atoms with Crippen LogP contribution in [0.2, 0.25) is 0 Å². The van der Waals surface area contributed by atoms with E-state index in [0.29, 0.717) is 11.4 Å². The zero-order chi connectivity index (χ0) is 12.5. The monoisotopic (exact) mass is 241 g/mol. The molecule has 0 saturated heterocycles. The standard InChI is InChI=1S/C12H11N5O/c1-7-11(14-6-13-7)12(18)16-9-3-2-8-5-15-17-10(8)4-9/h2-6H,1H3,(H,13,14)(H,15,17)(H,16,18). The highest BCUT2D eigenvalue weighted by Gasteiger charge is 2.11. The number of aromatic amines is 2. The van der Waals surface area contributed by atoms with E-state index in [-0.39, 0.29) is 5.91 Å². The number of carbonyl (C=O) groups excluding carboxylic acids is 1. The van der Waals surface area contributed by atoms with Crippen molar-refractivity contribution in [1.82, 2.24) is 20.2 Å². The van der Waals surface area contributed by atoms with Crippen LogP contribution in [-0.4, -0.2) is 26.1 Å². The largest absolute Gasteiger partial charge is 0.348 e. The number of H-pyrrole nitrogens is 2. The van der Waals surface area contributed by atoms with Gasteiger partial charge in [-0.05, 0) is 25.1 Å². The molecular weight excluding hydrogens is 230 g/mol. The highest BCUT2D eigenvalue weighted by molar-refractivity contribution is 6.04. The summed E-state index contributed by atoms with van der Waals surface area (Å²) < 4.78 is 0. The molecule has 18 heavy (non-hydrogen) atoms. The summed E-state index contributed by atoms with van der Waals surface area (Å²) in [5.74, 6) is -0.229. The molecule has 0 aliphatic carbocycles. The Balaban J connectivity index is 1.88. The minimum Gasteiger partial charge on any atom is -0.348 e. The fraction of sp³-hybridized carbons (Fsp3) is 0.0833. The Morgan fingerprint density at radius 1 is 1.39 bits per heavy atom. The van der Waals surface area contributed by atoms with Crippen molar-refractivity contribution in [2.24, 2.45) is 0 Å². The van der Waals surface area contributed by atoms with Crippen molar-refractivity contribution < 1.29 is 4.79 Å². The third kappa shape index (κ3) is 1.73. The summed E-state index contributed by atoms with van der Waals surface area (Å²) in [5, 5.41) is 10.6. The number of aryl methyl sites for hydroxylation is 1. The van der Waals surface area contributed by atoms with Gasteiger partial charge in [-0.3, -0.25) is 9.89 Å². The number of hydrogen-bond acceptors (Lipinski definition) is 3. The van der Waals surface area contributed by atoms with E-state index in [0.717, 1.165) is 16.6 Å². The van der Waals surface area contributed by atoms with Crippen LogP contribution in [-0.2, 0) is 0 Å². The summed E-state index contributed by atoms with van der Waals surface area (Å²) in [6.45, 7) is 1.81. The van der Waals surface area contributed by atoms with Gasteiger partial charge in [0.05, 0.1) is 18.0 Å². The van der Waals surface area contributed by atoms with Gasteiger partial charge in [0.2, 0.25) is 0 Å². The van der Waals surface area contributed by atoms with Gasteiger partial charge in [-0.1, -0.05) is 0 Å². The lowest BCUT2D eigenvalue weighted by molar-refractivity contribution is 0.102. The average Bonchev–Trinajstić information content (AvgIpc) is 2.96. The minimum absolute atomic E-state index is 0.229. The molecule has 6 nitrogen and oxygen atoms in total. The molecule has 0 fully saturated rings. The average molecular weight is 241 g/mol. The Morgan fingerprint density at radius 3 is 3.06 bits per heavy atom. The van der Waals surface area contributed by atoms with Crippen molar-refractivity contribution >= 4 is 22.5 Å². The topological polar surface area (TPSA) is 86.5 Å². The molecule has 90 valence electrons. The molecule has 3 N–H and O–H groups in total. The molecule has 2 aromatic heterocycles. The molecule has 2 heterocycles. The van der Waals surface area contributed by atoms with Gasteiger partial charge in [-0.15, -0.1) is 0 Å². The Kier molecular flexibility index (Phi) is 2.33. The third-order valence-corrected chi connectivity index (χ3v) is 2.74. The van der Waals surface area contributed by atoms with Gasteiger partial charge in [0.25, 0.3) is 5.91 Å². The summed E-state index contributed by atoms with van der Waals surface area (Å²) >= 11 is 0. The molecule has 0 unspecified atom stereocenters. The molecule has 6 heteroatoms. The van der Waals surface area contributed by atoms with Gasteiger partial charge in [0.1, 0.15) is 5.69 Å². The van der Waals surface area contributed by atoms with Crippen LogP contribution in [0.25, 0.3) is 10.9 Å². The first-order chi connectivity index (χ1) is 8.74. The molecule has 0 radical (unpaired) electrons. The van der Waals surface area contributed by atoms with Gasteiger partial charge >= 0.3 is 0 Å². The summed E-state index contributed by atoms with van der Waals surface area (Å²) in [7, 11) is 0. The number of amides is 1. The molecule has 1 amide bonds. The second kappa shape index (κ2) is 3.99. The van der Waals surface area contributed by atoms with E-state index >= 15 is 0 Å². The van der Waals surface area contributed by atoms with Crippen molar-refractivity contribution in [2.45, 2.75) is 6.92 Å². The molecule has 0 spiro atoms. The van der Waals surface area contributed by atoms with Gasteiger partial charge in [0, 0.05) is 16.8 Å². The number of imidazole rings is 1. The molecule has 3 aromatic rings. The van der Waals surface area contributed by atoms with Crippen LogP contribution in [0.3, 0.4) is 0 Å². The van der Waals surface area contributed by atoms with E-state index in [4.69, 9.17) is 0 Å². The van der Waals surface area contributed by atoms with Crippen molar-refractivity contribution in [3.05, 3.63) is 42.1 Å². The van der Waals surface area contributed by atoms with Crippen LogP contribution >= 0.6 is 0 Å². The lowest BCUT2D eigenvalue weighted by atomic mass is 10.2. The molecule has 0 bridgehead atoms. The van der Waals surface area contributed by atoms with Gasteiger partial charge < -0.3 is 10.3 Å². The predicted molar refractivity (Wildman–Crippen MR) is 67.4 cm³/mol. The maximum Gasteiger partial charge on any atom is 0.276 e. The van der Waals surface area contributed by atoms with Gasteiger partial charge in [-0.25, -0.2) is 4.98 Å². The van der Waals surface area contributed by atoms with Gasteiger partial charge in [0.15, 0.2) is 0 Å². The van der Waals surface area contributed by atoms with E-state index in [1.165, 1.54) is 6.33 Å². The molecule has 0 aliphatic rings. The van der Waals surface area contributed by atoms with Crippen LogP contribution < -0.4 is 5.32 Å². The Labute approximate surface area is 102 Å². The first kappa shape index (κ1) is 10.5. The Hall–Kier alpha value is -2.63. The number of rotatable bonds is 2. The molecule has 1 aromatic carbocycles. The second-order valence-electron chi connectivity index (χ2n) is 4.00. The second-order valence-corrected chi connectivity index (χ2v) is 4.00. The van der Waals surface area contributed by atoms with Crippen molar-refractivity contribution in [3.63, 3.8) is 0 Å². The van der Waals surface area contributed by atoms with Crippen molar-refractivity contribution in [3.8, 4) is 0 Å². The molecular formula is C12H11N5O. The van der Waals surface area contributed by atoms with E-state index in [9.17, 15) is 4.79 Å². The first-order valence-corrected chi connectivity index (χ1v) is 5.48. The van der Waals surface area contributed by atoms with Crippen LogP contribution in [0.4, 0.5) is 5.69 Å². The maximum atomic E-state index is 12.0. The Bertz CT molecular complexity index is 712. The minimum atomic E-state index is -0.229. The van der Waals surface area contributed by atoms with Crippen molar-refractivity contribution in [2.75, 3.05) is 5.32 Å². The molecule has 0 aliphatic heterocycles. The summed E-state index contributed by atoms with van der Waals surface area (Å²) in [4.78, 5) is 18.8. The van der Waals surface area contributed by atoms with E-state index in [1.54, 1.807) is 13.1 Å². The smallest absolute Gasteiger partial charge is 0.276 e. The molecule has 0 saturated carbocycles. The number of hydrogen-bond donors (Lipinski definition) is 3. The number of carbonyl (C=O) groups is 1. The maximum absolute atomic E-state index is 12.0. The predicted octanol–water partition coefficient (Wildman–Crippen LogP) is 1.85. The lowest BCUT2D eigenvalue weighted by Gasteiger charge is -2.03. The quantitative estimate of drug-likeness (QED) is 0.639. The van der Waals surface area contributed by atoms with Gasteiger partial charge in [-0.2, -0.15) is 5.10 Å². The number of nitrogens with one attached hydrogen (secondary N) is 3. The van der Waals surface area contributed by atoms with Crippen LogP contribution in [0.15, 0.2) is 30.7 Å². The van der Waals surface area contributed by atoms with Crippen LogP contribution in [0.1, 0.15) is 16.2 Å². The number of anilines is 1. The fourth-order valence-corrected chi connectivity index (χ4v) is 1.79. The van der Waals surface area contributed by atoms with E-state index in [2.05, 4.69) is 25.5 Å². The fourth-order valence-electron chi connectivity index (χ4n) is 1.79. The molecule has 0 atom stereocenters. The SMILES string of the molecule is Cc1[nH]cnc1C(=O)Nc1ccc2cn[nH]c2c1. The van der Waals surface area contributed by atoms with E-state index < -0.39 is 0 Å². The zero-order valence-corrected chi connectivity index (χ0v) is 9.69. The summed E-state index contributed by atoms with van der Waals surface area (Å²) in [5.41, 5.74) is 2.74. The van der Waals surface area contributed by atoms with Crippen molar-refractivity contribution in [1.29, 1.82) is 0 Å². The normalized spacial score (nSPS) is 10.7. The van der Waals surface area contributed by atoms with Crippen LogP contribution in [0.5, 0.6) is 0 Å². The lowest BCUT2D eigenvalue weighted by Crippen LogP contribution is -2.13. The summed E-state index contributed by atoms with van der Waals surface area (Å²) in [6, 6.07) is 5.56. The van der Waals surface area contributed by atoms with E-state index in [1.807, 2.05) is 18.2 Å². The third-order valence-electron chi connectivity index (χ3n) is 2.74. The number of fused-ring (bicyclic) bond motifs is 1. The number of benzene rings is 1. The highest BCUT2D eigenvalue weighted by atomic mass is 16.1. The molecule has 3 rings (SSSR count).